The molecule has 1 unspecified atom stereocenters. The van der Waals surface area contributed by atoms with Crippen molar-refractivity contribution in [2.24, 2.45) is 5.92 Å². The fourth-order valence-electron chi connectivity index (χ4n) is 3.92. The van der Waals surface area contributed by atoms with E-state index in [2.05, 4.69) is 19.2 Å². The van der Waals surface area contributed by atoms with Gasteiger partial charge in [-0.15, -0.1) is 0 Å². The highest BCUT2D eigenvalue weighted by molar-refractivity contribution is 7.89. The number of piperidine rings is 1. The van der Waals surface area contributed by atoms with Crippen LogP contribution in [-0.2, 0) is 10.0 Å². The SMILES string of the molecule is COc1ccc(C(CC(C)C)NC(=O)c2cc(S(=O)(=O)N3CCCCC3)ccc2Cl)cc1. The largest absolute Gasteiger partial charge is 0.497 e. The summed E-state index contributed by atoms with van der Waals surface area (Å²) in [7, 11) is -2.05. The monoisotopic (exact) mass is 478 g/mol. The molecule has 1 heterocycles. The minimum absolute atomic E-state index is 0.0961. The fourth-order valence-corrected chi connectivity index (χ4v) is 5.66. The van der Waals surface area contributed by atoms with Crippen molar-refractivity contribution in [1.82, 2.24) is 9.62 Å². The van der Waals surface area contributed by atoms with Gasteiger partial charge in [0, 0.05) is 13.1 Å². The molecular formula is C24H31ClN2O4S. The molecule has 0 aromatic heterocycles. The smallest absolute Gasteiger partial charge is 0.253 e. The number of hydrogen-bond acceptors (Lipinski definition) is 4. The van der Waals surface area contributed by atoms with Crippen molar-refractivity contribution in [1.29, 1.82) is 0 Å². The Labute approximate surface area is 196 Å². The second-order valence-electron chi connectivity index (χ2n) is 8.54. The van der Waals surface area contributed by atoms with Crippen LogP contribution < -0.4 is 10.1 Å². The molecular weight excluding hydrogens is 448 g/mol. The maximum Gasteiger partial charge on any atom is 0.253 e. The Bertz CT molecular complexity index is 1030. The van der Waals surface area contributed by atoms with Gasteiger partial charge in [0.15, 0.2) is 0 Å². The van der Waals surface area contributed by atoms with Crippen molar-refractivity contribution >= 4 is 27.5 Å². The van der Waals surface area contributed by atoms with E-state index in [1.807, 2.05) is 24.3 Å². The van der Waals surface area contributed by atoms with Gasteiger partial charge in [-0.05, 0) is 61.1 Å². The lowest BCUT2D eigenvalue weighted by Gasteiger charge is -2.26. The molecule has 32 heavy (non-hydrogen) atoms. The molecule has 1 aliphatic heterocycles. The van der Waals surface area contributed by atoms with E-state index >= 15 is 0 Å². The van der Waals surface area contributed by atoms with Crippen LogP contribution in [0.5, 0.6) is 5.75 Å². The number of amides is 1. The number of nitrogens with one attached hydrogen (secondary N) is 1. The number of nitrogens with zero attached hydrogens (tertiary/aromatic N) is 1. The molecule has 0 spiro atoms. The van der Waals surface area contributed by atoms with Gasteiger partial charge < -0.3 is 10.1 Å². The number of hydrogen-bond donors (Lipinski definition) is 1. The van der Waals surface area contributed by atoms with Crippen molar-refractivity contribution in [2.45, 2.75) is 50.5 Å². The normalized spacial score (nSPS) is 16.0. The number of benzene rings is 2. The summed E-state index contributed by atoms with van der Waals surface area (Å²) in [6, 6.07) is 11.7. The third kappa shape index (κ3) is 5.82. The highest BCUT2D eigenvalue weighted by atomic mass is 35.5. The molecule has 3 rings (SSSR count). The number of rotatable bonds is 8. The van der Waals surface area contributed by atoms with Gasteiger partial charge in [0.1, 0.15) is 5.75 Å². The van der Waals surface area contributed by atoms with E-state index in [1.54, 1.807) is 7.11 Å². The van der Waals surface area contributed by atoms with Crippen LogP contribution in [-0.4, -0.2) is 38.8 Å². The summed E-state index contributed by atoms with van der Waals surface area (Å²) in [5.74, 6) is 0.679. The Balaban J connectivity index is 1.86. The molecule has 0 aliphatic carbocycles. The van der Waals surface area contributed by atoms with Gasteiger partial charge in [-0.25, -0.2) is 8.42 Å². The van der Waals surface area contributed by atoms with Crippen molar-refractivity contribution in [2.75, 3.05) is 20.2 Å². The molecule has 0 saturated carbocycles. The number of ether oxygens (including phenoxy) is 1. The summed E-state index contributed by atoms with van der Waals surface area (Å²) in [5.41, 5.74) is 1.10. The quantitative estimate of drug-likeness (QED) is 0.576. The molecule has 1 atom stereocenters. The zero-order chi connectivity index (χ0) is 23.3. The van der Waals surface area contributed by atoms with Gasteiger partial charge in [-0.2, -0.15) is 4.31 Å². The first kappa shape index (κ1) is 24.6. The van der Waals surface area contributed by atoms with Crippen LogP contribution in [0.1, 0.15) is 61.5 Å². The Hall–Kier alpha value is -2.09. The maximum absolute atomic E-state index is 13.2. The number of carbonyl (C=O) groups is 1. The van der Waals surface area contributed by atoms with Crippen LogP contribution in [0.25, 0.3) is 0 Å². The van der Waals surface area contributed by atoms with Crippen molar-refractivity contribution in [3.63, 3.8) is 0 Å². The summed E-state index contributed by atoms with van der Waals surface area (Å²) < 4.78 is 32.8. The molecule has 2 aromatic rings. The maximum atomic E-state index is 13.2. The van der Waals surface area contributed by atoms with E-state index in [-0.39, 0.29) is 21.5 Å². The van der Waals surface area contributed by atoms with E-state index < -0.39 is 15.9 Å². The number of methoxy groups -OCH3 is 1. The first-order valence-electron chi connectivity index (χ1n) is 11.0. The molecule has 1 N–H and O–H groups in total. The Kier molecular flexibility index (Phi) is 8.20. The average Bonchev–Trinajstić information content (AvgIpc) is 2.79. The summed E-state index contributed by atoms with van der Waals surface area (Å²) >= 11 is 6.32. The minimum atomic E-state index is -3.66. The van der Waals surface area contributed by atoms with Crippen LogP contribution >= 0.6 is 11.6 Å². The third-order valence-corrected chi connectivity index (χ3v) is 7.89. The van der Waals surface area contributed by atoms with E-state index in [9.17, 15) is 13.2 Å². The van der Waals surface area contributed by atoms with Gasteiger partial charge in [-0.3, -0.25) is 4.79 Å². The molecule has 8 heteroatoms. The predicted molar refractivity (Wildman–Crippen MR) is 127 cm³/mol. The molecule has 174 valence electrons. The molecule has 2 aromatic carbocycles. The first-order valence-corrected chi connectivity index (χ1v) is 12.8. The standard InChI is InChI=1S/C24H31ClN2O4S/c1-17(2)15-23(18-7-9-19(31-3)10-8-18)26-24(28)21-16-20(11-12-22(21)25)32(29,30)27-13-5-4-6-14-27/h7-12,16-17,23H,4-6,13-15H2,1-3H3,(H,26,28). The average molecular weight is 479 g/mol. The van der Waals surface area contributed by atoms with E-state index in [1.165, 1.54) is 22.5 Å². The van der Waals surface area contributed by atoms with Crippen molar-refractivity contribution < 1.29 is 17.9 Å². The van der Waals surface area contributed by atoms with Gasteiger partial charge in [0.25, 0.3) is 5.91 Å². The number of carbonyl (C=O) groups excluding carboxylic acids is 1. The molecule has 1 fully saturated rings. The lowest BCUT2D eigenvalue weighted by Crippen LogP contribution is -2.36. The van der Waals surface area contributed by atoms with Gasteiger partial charge in [0.05, 0.1) is 28.6 Å². The second kappa shape index (κ2) is 10.7. The molecule has 1 amide bonds. The zero-order valence-electron chi connectivity index (χ0n) is 18.8. The Morgan fingerprint density at radius 2 is 1.75 bits per heavy atom. The summed E-state index contributed by atoms with van der Waals surface area (Å²) in [6.07, 6.45) is 3.45. The highest BCUT2D eigenvalue weighted by Gasteiger charge is 2.28. The van der Waals surface area contributed by atoms with Crippen molar-refractivity contribution in [3.05, 3.63) is 58.6 Å². The van der Waals surface area contributed by atoms with Crippen molar-refractivity contribution in [3.8, 4) is 5.75 Å². The lowest BCUT2D eigenvalue weighted by atomic mass is 9.96. The summed E-state index contributed by atoms with van der Waals surface area (Å²) in [5, 5.41) is 3.27. The summed E-state index contributed by atoms with van der Waals surface area (Å²) in [4.78, 5) is 13.3. The molecule has 0 radical (unpaired) electrons. The highest BCUT2D eigenvalue weighted by Crippen LogP contribution is 2.28. The third-order valence-electron chi connectivity index (χ3n) is 5.67. The first-order chi connectivity index (χ1) is 15.2. The lowest BCUT2D eigenvalue weighted by molar-refractivity contribution is 0.0932. The second-order valence-corrected chi connectivity index (χ2v) is 10.9. The number of halogens is 1. The minimum Gasteiger partial charge on any atom is -0.497 e. The predicted octanol–water partition coefficient (Wildman–Crippen LogP) is 5.04. The van der Waals surface area contributed by atoms with Gasteiger partial charge >= 0.3 is 0 Å². The van der Waals surface area contributed by atoms with Gasteiger partial charge in [-0.1, -0.05) is 44.0 Å². The topological polar surface area (TPSA) is 75.7 Å². The molecule has 6 nitrogen and oxygen atoms in total. The Morgan fingerprint density at radius 1 is 1.09 bits per heavy atom. The Morgan fingerprint density at radius 3 is 2.34 bits per heavy atom. The van der Waals surface area contributed by atoms with Crippen LogP contribution in [0.15, 0.2) is 47.4 Å². The van der Waals surface area contributed by atoms with E-state index in [0.29, 0.717) is 19.0 Å². The van der Waals surface area contributed by atoms with E-state index in [4.69, 9.17) is 16.3 Å². The van der Waals surface area contributed by atoms with Crippen LogP contribution in [0.3, 0.4) is 0 Å². The summed E-state index contributed by atoms with van der Waals surface area (Å²) in [6.45, 7) is 5.17. The van der Waals surface area contributed by atoms with E-state index in [0.717, 1.165) is 37.0 Å². The van der Waals surface area contributed by atoms with Crippen LogP contribution in [0.2, 0.25) is 5.02 Å². The fraction of sp³-hybridized carbons (Fsp3) is 0.458. The molecule has 0 bridgehead atoms. The molecule has 1 saturated heterocycles. The zero-order valence-corrected chi connectivity index (χ0v) is 20.4. The van der Waals surface area contributed by atoms with Crippen LogP contribution in [0, 0.1) is 5.92 Å². The van der Waals surface area contributed by atoms with Gasteiger partial charge in [0.2, 0.25) is 10.0 Å². The number of sulfonamides is 1. The van der Waals surface area contributed by atoms with Crippen LogP contribution in [0.4, 0.5) is 0 Å². The molecule has 1 aliphatic rings.